The van der Waals surface area contributed by atoms with Gasteiger partial charge in [0, 0.05) is 30.1 Å². The number of benzene rings is 1. The summed E-state index contributed by atoms with van der Waals surface area (Å²) in [7, 11) is -3.48. The summed E-state index contributed by atoms with van der Waals surface area (Å²) < 4.78 is 90.3. The Labute approximate surface area is 151 Å². The van der Waals surface area contributed by atoms with Crippen LogP contribution in [0, 0.1) is 0 Å². The molecule has 0 amide bonds. The van der Waals surface area contributed by atoms with E-state index in [0.717, 1.165) is 23.1 Å². The van der Waals surface area contributed by atoms with E-state index >= 15 is 0 Å². The summed E-state index contributed by atoms with van der Waals surface area (Å²) in [5.74, 6) is -1.32. The van der Waals surface area contributed by atoms with E-state index in [2.05, 4.69) is 4.98 Å². The second kappa shape index (κ2) is 6.59. The van der Waals surface area contributed by atoms with Gasteiger partial charge in [-0.05, 0) is 30.3 Å². The minimum Gasteiger partial charge on any atom is -0.299 e. The van der Waals surface area contributed by atoms with Crippen LogP contribution in [0.25, 0.3) is 11.3 Å². The number of alkyl halides is 4. The average molecular weight is 404 g/mol. The van der Waals surface area contributed by atoms with E-state index in [-0.39, 0.29) is 28.4 Å². The van der Waals surface area contributed by atoms with E-state index in [4.69, 9.17) is 0 Å². The fourth-order valence-corrected chi connectivity index (χ4v) is 3.20. The summed E-state index contributed by atoms with van der Waals surface area (Å²) >= 11 is 0. The van der Waals surface area contributed by atoms with Gasteiger partial charge in [0.25, 0.3) is 0 Å². The zero-order valence-electron chi connectivity index (χ0n) is 13.8. The summed E-state index contributed by atoms with van der Waals surface area (Å²) in [5.41, 5.74) is -1.01. The Kier molecular flexibility index (Phi) is 4.71. The van der Waals surface area contributed by atoms with E-state index in [1.54, 1.807) is 0 Å². The monoisotopic (exact) mass is 404 g/mol. The maximum atomic E-state index is 13.6. The third-order valence-corrected chi connectivity index (χ3v) is 5.06. The van der Waals surface area contributed by atoms with Crippen LogP contribution in [-0.4, -0.2) is 30.4 Å². The van der Waals surface area contributed by atoms with Crippen LogP contribution in [0.15, 0.2) is 53.3 Å². The zero-order chi connectivity index (χ0) is 20.0. The van der Waals surface area contributed by atoms with Gasteiger partial charge in [0.15, 0.2) is 21.7 Å². The highest BCUT2D eigenvalue weighted by atomic mass is 32.2. The van der Waals surface area contributed by atoms with Crippen LogP contribution in [0.2, 0.25) is 0 Å². The molecule has 0 bridgehead atoms. The van der Waals surface area contributed by atoms with E-state index in [1.165, 1.54) is 30.3 Å². The van der Waals surface area contributed by atoms with Crippen LogP contribution >= 0.6 is 0 Å². The Hall–Kier alpha value is -2.49. The first-order valence-electron chi connectivity index (χ1n) is 7.65. The summed E-state index contributed by atoms with van der Waals surface area (Å²) in [6.45, 7) is 0. The summed E-state index contributed by atoms with van der Waals surface area (Å²) in [4.78, 5) is 3.52. The van der Waals surface area contributed by atoms with Crippen LogP contribution in [0.1, 0.15) is 17.9 Å². The Bertz CT molecular complexity index is 1030. The van der Waals surface area contributed by atoms with Gasteiger partial charge >= 0.3 is 6.18 Å². The van der Waals surface area contributed by atoms with Gasteiger partial charge in [-0.15, -0.1) is 0 Å². The quantitative estimate of drug-likeness (QED) is 0.718. The first-order valence-corrected chi connectivity index (χ1v) is 9.55. The SMILES string of the molecule is CS(=O)(=O)c1ccc(-n2cc(C(F)(F)F)nc2C2=CCC(F)C(F)=C2)cc1. The van der Waals surface area contributed by atoms with Crippen LogP contribution < -0.4 is 0 Å². The van der Waals surface area contributed by atoms with Crippen molar-refractivity contribution in [2.45, 2.75) is 23.7 Å². The van der Waals surface area contributed by atoms with Gasteiger partial charge in [0.05, 0.1) is 4.90 Å². The minimum absolute atomic E-state index is 0.00379. The third kappa shape index (κ3) is 3.95. The lowest BCUT2D eigenvalue weighted by Gasteiger charge is -2.14. The molecule has 1 aromatic heterocycles. The summed E-state index contributed by atoms with van der Waals surface area (Å²) in [5, 5.41) is 0. The predicted molar refractivity (Wildman–Crippen MR) is 88.4 cm³/mol. The molecular formula is C17H13F5N2O2S. The molecule has 1 unspecified atom stereocenters. The molecule has 144 valence electrons. The van der Waals surface area contributed by atoms with Crippen molar-refractivity contribution in [1.29, 1.82) is 0 Å². The highest BCUT2D eigenvalue weighted by Gasteiger charge is 2.35. The maximum Gasteiger partial charge on any atom is 0.434 e. The normalized spacial score (nSPS) is 18.2. The van der Waals surface area contributed by atoms with Crippen molar-refractivity contribution in [3.63, 3.8) is 0 Å². The Balaban J connectivity index is 2.13. The first kappa shape index (κ1) is 19.3. The average Bonchev–Trinajstić information content (AvgIpc) is 3.02. The number of imidazole rings is 1. The molecule has 0 fully saturated rings. The number of hydrogen-bond donors (Lipinski definition) is 0. The number of nitrogens with zero attached hydrogens (tertiary/aromatic N) is 2. The molecule has 0 spiro atoms. The van der Waals surface area contributed by atoms with Crippen LogP contribution in [0.4, 0.5) is 22.0 Å². The van der Waals surface area contributed by atoms with Crippen molar-refractivity contribution >= 4 is 15.4 Å². The fourth-order valence-electron chi connectivity index (χ4n) is 2.57. The minimum atomic E-state index is -4.74. The lowest BCUT2D eigenvalue weighted by Crippen LogP contribution is -2.07. The number of rotatable bonds is 3. The van der Waals surface area contributed by atoms with Crippen molar-refractivity contribution < 1.29 is 30.4 Å². The second-order valence-corrected chi connectivity index (χ2v) is 7.99. The van der Waals surface area contributed by atoms with Crippen molar-refractivity contribution in [1.82, 2.24) is 9.55 Å². The van der Waals surface area contributed by atoms with Gasteiger partial charge in [-0.25, -0.2) is 22.2 Å². The van der Waals surface area contributed by atoms with Gasteiger partial charge in [-0.1, -0.05) is 6.08 Å². The molecule has 1 aliphatic rings. The molecule has 1 atom stereocenters. The first-order chi connectivity index (χ1) is 12.5. The molecule has 0 N–H and O–H groups in total. The molecule has 4 nitrogen and oxygen atoms in total. The molecule has 0 radical (unpaired) electrons. The molecule has 1 heterocycles. The van der Waals surface area contributed by atoms with Crippen LogP contribution in [0.5, 0.6) is 0 Å². The predicted octanol–water partition coefficient (Wildman–Crippen LogP) is 4.27. The molecule has 0 aliphatic heterocycles. The molecule has 0 saturated carbocycles. The third-order valence-electron chi connectivity index (χ3n) is 3.93. The van der Waals surface area contributed by atoms with Crippen LogP contribution in [0.3, 0.4) is 0 Å². The number of aromatic nitrogens is 2. The fraction of sp³-hybridized carbons (Fsp3) is 0.235. The van der Waals surface area contributed by atoms with Gasteiger partial charge < -0.3 is 0 Å². The Morgan fingerprint density at radius 2 is 1.81 bits per heavy atom. The topological polar surface area (TPSA) is 52.0 Å². The standard InChI is InChI=1S/C17H13F5N2O2S/c1-27(25,26)12-5-3-11(4-6-12)24-9-15(17(20,21)22)23-16(24)10-2-7-13(18)14(19)8-10/h2-6,8-9,13H,7H2,1H3. The zero-order valence-corrected chi connectivity index (χ0v) is 14.7. The molecule has 27 heavy (non-hydrogen) atoms. The highest BCUT2D eigenvalue weighted by Crippen LogP contribution is 2.34. The second-order valence-electron chi connectivity index (χ2n) is 5.98. The van der Waals surface area contributed by atoms with Crippen molar-refractivity contribution in [2.24, 2.45) is 0 Å². The summed E-state index contributed by atoms with van der Waals surface area (Å²) in [6.07, 6.45) is -3.12. The van der Waals surface area contributed by atoms with E-state index < -0.39 is 33.7 Å². The number of allylic oxidation sites excluding steroid dienone is 4. The largest absolute Gasteiger partial charge is 0.434 e. The molecule has 3 rings (SSSR count). The molecule has 2 aromatic rings. The molecule has 1 aromatic carbocycles. The van der Waals surface area contributed by atoms with Gasteiger partial charge in [0.2, 0.25) is 0 Å². The van der Waals surface area contributed by atoms with E-state index in [1.807, 2.05) is 0 Å². The lowest BCUT2D eigenvalue weighted by molar-refractivity contribution is -0.140. The number of sulfone groups is 1. The summed E-state index contributed by atoms with van der Waals surface area (Å²) in [6, 6.07) is 5.10. The van der Waals surface area contributed by atoms with Crippen molar-refractivity contribution in [3.8, 4) is 5.69 Å². The van der Waals surface area contributed by atoms with Gasteiger partial charge in [-0.3, -0.25) is 4.57 Å². The molecule has 0 saturated heterocycles. The van der Waals surface area contributed by atoms with Gasteiger partial charge in [0.1, 0.15) is 11.7 Å². The van der Waals surface area contributed by atoms with Gasteiger partial charge in [-0.2, -0.15) is 13.2 Å². The Morgan fingerprint density at radius 3 is 2.33 bits per heavy atom. The van der Waals surface area contributed by atoms with Crippen molar-refractivity contribution in [2.75, 3.05) is 6.26 Å². The van der Waals surface area contributed by atoms with Crippen molar-refractivity contribution in [3.05, 3.63) is 60.0 Å². The van der Waals surface area contributed by atoms with Crippen LogP contribution in [-0.2, 0) is 16.0 Å². The molecule has 1 aliphatic carbocycles. The number of halogens is 5. The Morgan fingerprint density at radius 1 is 1.19 bits per heavy atom. The number of hydrogen-bond acceptors (Lipinski definition) is 3. The van der Waals surface area contributed by atoms with E-state index in [9.17, 15) is 30.4 Å². The maximum absolute atomic E-state index is 13.6. The molecular weight excluding hydrogens is 391 g/mol. The molecule has 10 heteroatoms. The van der Waals surface area contributed by atoms with E-state index in [0.29, 0.717) is 0 Å². The smallest absolute Gasteiger partial charge is 0.299 e. The lowest BCUT2D eigenvalue weighted by atomic mass is 10.0. The highest BCUT2D eigenvalue weighted by molar-refractivity contribution is 7.90.